The average molecular weight is 385 g/mol. The topological polar surface area (TPSA) is 52.6 Å². The number of allylic oxidation sites excluding steroid dienone is 2. The molecule has 0 radical (unpaired) electrons. The summed E-state index contributed by atoms with van der Waals surface area (Å²) in [5.74, 6) is -1.00. The predicted octanol–water partition coefficient (Wildman–Crippen LogP) is 5.60. The van der Waals surface area contributed by atoms with Gasteiger partial charge in [-0.25, -0.2) is 0 Å². The molecule has 0 aromatic heterocycles. The number of hydrogen-bond donors (Lipinski definition) is 0. The standard InChI is InChI=1S/C21H40O4Si/c1-8-14-16-21(19(22)24-9-2,20(23)25-10-3)18(7)15-17-26(11-4,12-5)13-6/h8,14,18H,9-13,15-17H2,1-7H3/b14-8+. The van der Waals surface area contributed by atoms with Gasteiger partial charge in [-0.05, 0) is 33.1 Å². The number of rotatable bonds is 13. The molecule has 0 aliphatic carbocycles. The third-order valence-corrected chi connectivity index (χ3v) is 12.0. The summed E-state index contributed by atoms with van der Waals surface area (Å²) >= 11 is 0. The molecule has 4 nitrogen and oxygen atoms in total. The second kappa shape index (κ2) is 12.3. The summed E-state index contributed by atoms with van der Waals surface area (Å²) in [6, 6.07) is 4.86. The van der Waals surface area contributed by atoms with E-state index in [4.69, 9.17) is 9.47 Å². The maximum atomic E-state index is 12.9. The SMILES string of the molecule is C/C=C/CC(C(=O)OCC)(C(=O)OCC)C(C)CC[Si](CC)(CC)CC. The van der Waals surface area contributed by atoms with Crippen molar-refractivity contribution in [3.63, 3.8) is 0 Å². The summed E-state index contributed by atoms with van der Waals surface area (Å²) in [7, 11) is -1.32. The molecule has 0 fully saturated rings. The molecule has 0 amide bonds. The Hall–Kier alpha value is -1.10. The van der Waals surface area contributed by atoms with Crippen LogP contribution in [-0.4, -0.2) is 33.2 Å². The molecule has 0 spiro atoms. The van der Waals surface area contributed by atoms with Crippen LogP contribution in [0.5, 0.6) is 0 Å². The zero-order valence-corrected chi connectivity index (χ0v) is 19.0. The van der Waals surface area contributed by atoms with Gasteiger partial charge in [0.2, 0.25) is 0 Å². The molecule has 26 heavy (non-hydrogen) atoms. The summed E-state index contributed by atoms with van der Waals surface area (Å²) in [6.07, 6.45) is 4.95. The van der Waals surface area contributed by atoms with Gasteiger partial charge in [-0.3, -0.25) is 9.59 Å². The van der Waals surface area contributed by atoms with Crippen molar-refractivity contribution < 1.29 is 19.1 Å². The molecule has 0 saturated heterocycles. The second-order valence-corrected chi connectivity index (χ2v) is 12.8. The summed E-state index contributed by atoms with van der Waals surface area (Å²) in [6.45, 7) is 14.8. The van der Waals surface area contributed by atoms with Crippen LogP contribution in [0.2, 0.25) is 24.2 Å². The van der Waals surface area contributed by atoms with Crippen molar-refractivity contribution in [2.24, 2.45) is 11.3 Å². The Morgan fingerprint density at radius 1 is 0.962 bits per heavy atom. The minimum absolute atomic E-state index is 0.117. The fourth-order valence-electron chi connectivity index (χ4n) is 3.73. The van der Waals surface area contributed by atoms with E-state index in [9.17, 15) is 9.59 Å². The molecule has 0 aliphatic rings. The third-order valence-electron chi connectivity index (χ3n) is 6.15. The van der Waals surface area contributed by atoms with Gasteiger partial charge in [-0.15, -0.1) is 0 Å². The fraction of sp³-hybridized carbons (Fsp3) is 0.810. The molecule has 0 aliphatic heterocycles. The minimum Gasteiger partial charge on any atom is -0.465 e. The van der Waals surface area contributed by atoms with E-state index in [-0.39, 0.29) is 19.1 Å². The highest BCUT2D eigenvalue weighted by Gasteiger charge is 2.52. The van der Waals surface area contributed by atoms with Gasteiger partial charge in [0, 0.05) is 0 Å². The lowest BCUT2D eigenvalue weighted by Gasteiger charge is -2.36. The van der Waals surface area contributed by atoms with E-state index >= 15 is 0 Å². The second-order valence-electron chi connectivity index (χ2n) is 7.19. The first-order valence-corrected chi connectivity index (χ1v) is 13.1. The highest BCUT2D eigenvalue weighted by Crippen LogP contribution is 2.40. The van der Waals surface area contributed by atoms with Crippen LogP contribution in [0, 0.1) is 11.3 Å². The number of carbonyl (C=O) groups is 2. The number of ether oxygens (including phenoxy) is 2. The molecule has 0 saturated carbocycles. The van der Waals surface area contributed by atoms with E-state index in [0.717, 1.165) is 12.5 Å². The molecular weight excluding hydrogens is 344 g/mol. The lowest BCUT2D eigenvalue weighted by Crippen LogP contribution is -2.47. The smallest absolute Gasteiger partial charge is 0.324 e. The van der Waals surface area contributed by atoms with E-state index in [1.807, 2.05) is 26.0 Å². The minimum atomic E-state index is -1.32. The van der Waals surface area contributed by atoms with Gasteiger partial charge in [-0.2, -0.15) is 0 Å². The molecule has 152 valence electrons. The lowest BCUT2D eigenvalue weighted by atomic mass is 9.72. The zero-order chi connectivity index (χ0) is 20.2. The maximum absolute atomic E-state index is 12.9. The van der Waals surface area contributed by atoms with Crippen LogP contribution in [0.1, 0.15) is 61.3 Å². The van der Waals surface area contributed by atoms with Crippen LogP contribution >= 0.6 is 0 Å². The van der Waals surface area contributed by atoms with E-state index in [1.165, 1.54) is 18.1 Å². The van der Waals surface area contributed by atoms with Gasteiger partial charge in [0.05, 0.1) is 21.3 Å². The van der Waals surface area contributed by atoms with Crippen LogP contribution in [0.25, 0.3) is 0 Å². The molecule has 0 aromatic rings. The molecular formula is C21H40O4Si. The van der Waals surface area contributed by atoms with Crippen molar-refractivity contribution in [2.45, 2.75) is 85.5 Å². The van der Waals surface area contributed by atoms with Crippen molar-refractivity contribution in [3.8, 4) is 0 Å². The van der Waals surface area contributed by atoms with Crippen LogP contribution in [-0.2, 0) is 19.1 Å². The Balaban J connectivity index is 5.77. The normalized spacial score (nSPS) is 13.7. The first-order valence-electron chi connectivity index (χ1n) is 10.3. The quantitative estimate of drug-likeness (QED) is 0.179. The van der Waals surface area contributed by atoms with Gasteiger partial charge in [0.15, 0.2) is 5.41 Å². The average Bonchev–Trinajstić information content (AvgIpc) is 2.64. The van der Waals surface area contributed by atoms with Gasteiger partial charge in [0.25, 0.3) is 0 Å². The monoisotopic (exact) mass is 384 g/mol. The highest BCUT2D eigenvalue weighted by atomic mass is 28.3. The Morgan fingerprint density at radius 2 is 1.42 bits per heavy atom. The van der Waals surface area contributed by atoms with Crippen LogP contribution < -0.4 is 0 Å². The fourth-order valence-corrected chi connectivity index (χ4v) is 7.33. The highest BCUT2D eigenvalue weighted by molar-refractivity contribution is 6.79. The van der Waals surface area contributed by atoms with E-state index in [0.29, 0.717) is 6.42 Å². The van der Waals surface area contributed by atoms with Gasteiger partial charge < -0.3 is 9.47 Å². The zero-order valence-electron chi connectivity index (χ0n) is 18.0. The lowest BCUT2D eigenvalue weighted by molar-refractivity contribution is -0.176. The molecule has 0 rings (SSSR count). The van der Waals surface area contributed by atoms with Crippen molar-refractivity contribution in [1.29, 1.82) is 0 Å². The number of carbonyl (C=O) groups excluding carboxylic acids is 2. The molecule has 0 bridgehead atoms. The summed E-state index contributed by atoms with van der Waals surface area (Å²) in [5, 5.41) is 0. The van der Waals surface area contributed by atoms with Crippen molar-refractivity contribution in [3.05, 3.63) is 12.2 Å². The van der Waals surface area contributed by atoms with Gasteiger partial charge >= 0.3 is 11.9 Å². The molecule has 0 N–H and O–H groups in total. The number of esters is 2. The largest absolute Gasteiger partial charge is 0.465 e. The Kier molecular flexibility index (Phi) is 11.8. The van der Waals surface area contributed by atoms with Crippen molar-refractivity contribution in [2.75, 3.05) is 13.2 Å². The van der Waals surface area contributed by atoms with Crippen molar-refractivity contribution in [1.82, 2.24) is 0 Å². The van der Waals surface area contributed by atoms with Crippen LogP contribution in [0.15, 0.2) is 12.2 Å². The maximum Gasteiger partial charge on any atom is 0.324 e. The Labute approximate surface area is 161 Å². The summed E-state index contributed by atoms with van der Waals surface area (Å²) in [5.41, 5.74) is -1.24. The third kappa shape index (κ3) is 5.97. The van der Waals surface area contributed by atoms with Crippen molar-refractivity contribution >= 4 is 20.0 Å². The first-order chi connectivity index (χ1) is 12.3. The van der Waals surface area contributed by atoms with Gasteiger partial charge in [-0.1, -0.05) is 70.4 Å². The molecule has 1 unspecified atom stereocenters. The predicted molar refractivity (Wildman–Crippen MR) is 111 cm³/mol. The van der Waals surface area contributed by atoms with E-state index in [1.54, 1.807) is 13.8 Å². The molecule has 0 heterocycles. The van der Waals surface area contributed by atoms with Crippen LogP contribution in [0.3, 0.4) is 0 Å². The van der Waals surface area contributed by atoms with E-state index in [2.05, 4.69) is 20.8 Å². The number of hydrogen-bond acceptors (Lipinski definition) is 4. The van der Waals surface area contributed by atoms with Gasteiger partial charge in [0.1, 0.15) is 0 Å². The summed E-state index contributed by atoms with van der Waals surface area (Å²) < 4.78 is 10.7. The van der Waals surface area contributed by atoms with Crippen LogP contribution in [0.4, 0.5) is 0 Å². The molecule has 0 aromatic carbocycles. The molecule has 5 heteroatoms. The summed E-state index contributed by atoms with van der Waals surface area (Å²) in [4.78, 5) is 25.8. The van der Waals surface area contributed by atoms with E-state index < -0.39 is 25.4 Å². The Bertz CT molecular complexity index is 429. The Morgan fingerprint density at radius 3 is 1.77 bits per heavy atom. The first kappa shape index (κ1) is 24.9. The molecule has 1 atom stereocenters.